The lowest BCUT2D eigenvalue weighted by molar-refractivity contribution is 0.387. The van der Waals surface area contributed by atoms with Gasteiger partial charge in [0.15, 0.2) is 5.75 Å². The summed E-state index contributed by atoms with van der Waals surface area (Å²) in [5.74, 6) is -1.88. The maximum Gasteiger partial charge on any atom is 0.356 e. The summed E-state index contributed by atoms with van der Waals surface area (Å²) < 4.78 is 76.4. The Balaban J connectivity index is 2.29. The highest BCUT2D eigenvalue weighted by atomic mass is 32.2. The van der Waals surface area contributed by atoms with Crippen molar-refractivity contribution < 1.29 is 50.5 Å². The Kier molecular flexibility index (Phi) is 5.86. The van der Waals surface area contributed by atoms with Gasteiger partial charge in [0, 0.05) is 6.07 Å². The average Bonchev–Trinajstić information content (AvgIpc) is 2.64. The van der Waals surface area contributed by atoms with Crippen LogP contribution in [0.3, 0.4) is 0 Å². The second-order valence-corrected chi connectivity index (χ2v) is 10.7. The highest BCUT2D eigenvalue weighted by molar-refractivity contribution is 7.86. The minimum atomic E-state index is -5.08. The Labute approximate surface area is 180 Å². The molecule has 16 heteroatoms. The SMILES string of the molecule is O=P(O)(O)c1cccc(N=Nc2c(S(=O)(=O)O)cc3cc(S(=O)(=O)O)cc(O)c3c2O)c1. The first-order valence-corrected chi connectivity index (χ1v) is 12.6. The standard InChI is InChI=1S/C16H13N2O11PS2/c19-12-7-11(31(24,25)26)4-8-5-13(32(27,28)29)15(16(20)14(8)12)18-17-9-2-1-3-10(6-9)30(21,22)23/h1-7,19-20H,(H2,21,22,23)(H,24,25,26)(H,27,28,29). The van der Waals surface area contributed by atoms with Crippen molar-refractivity contribution in [2.75, 3.05) is 0 Å². The summed E-state index contributed by atoms with van der Waals surface area (Å²) in [6.07, 6.45) is 0. The van der Waals surface area contributed by atoms with Gasteiger partial charge in [-0.1, -0.05) is 6.07 Å². The van der Waals surface area contributed by atoms with Gasteiger partial charge in [0.2, 0.25) is 0 Å². The number of hydrogen-bond acceptors (Lipinski definition) is 9. The highest BCUT2D eigenvalue weighted by Crippen LogP contribution is 2.45. The van der Waals surface area contributed by atoms with Crippen molar-refractivity contribution >= 4 is 55.3 Å². The lowest BCUT2D eigenvalue weighted by Gasteiger charge is -2.11. The third-order valence-corrected chi connectivity index (χ3v) is 6.76. The molecule has 0 radical (unpaired) electrons. The topological polar surface area (TPSA) is 231 Å². The lowest BCUT2D eigenvalue weighted by Crippen LogP contribution is -2.02. The van der Waals surface area contributed by atoms with E-state index in [1.54, 1.807) is 0 Å². The predicted octanol–water partition coefficient (Wildman–Crippen LogP) is 1.96. The van der Waals surface area contributed by atoms with E-state index in [4.69, 9.17) is 4.55 Å². The maximum absolute atomic E-state index is 11.8. The van der Waals surface area contributed by atoms with Crippen molar-refractivity contribution in [2.45, 2.75) is 9.79 Å². The number of benzene rings is 3. The molecule has 0 bridgehead atoms. The van der Waals surface area contributed by atoms with E-state index >= 15 is 0 Å². The zero-order valence-corrected chi connectivity index (χ0v) is 18.0. The van der Waals surface area contributed by atoms with E-state index in [2.05, 4.69) is 10.2 Å². The fraction of sp³-hybridized carbons (Fsp3) is 0. The summed E-state index contributed by atoms with van der Waals surface area (Å²) in [6.45, 7) is 0. The van der Waals surface area contributed by atoms with Gasteiger partial charge in [-0.2, -0.15) is 21.9 Å². The van der Waals surface area contributed by atoms with E-state index in [0.29, 0.717) is 12.1 Å². The third kappa shape index (κ3) is 4.78. The van der Waals surface area contributed by atoms with E-state index in [9.17, 15) is 46.0 Å². The van der Waals surface area contributed by atoms with Gasteiger partial charge in [-0.05, 0) is 35.7 Å². The molecule has 3 aromatic rings. The van der Waals surface area contributed by atoms with Crippen molar-refractivity contribution in [2.24, 2.45) is 10.2 Å². The zero-order chi connectivity index (χ0) is 24.1. The van der Waals surface area contributed by atoms with Gasteiger partial charge < -0.3 is 20.0 Å². The summed E-state index contributed by atoms with van der Waals surface area (Å²) in [5.41, 5.74) is -1.01. The minimum absolute atomic E-state index is 0.155. The number of nitrogens with zero attached hydrogens (tertiary/aromatic N) is 2. The van der Waals surface area contributed by atoms with Crippen LogP contribution in [-0.2, 0) is 24.8 Å². The molecule has 0 saturated carbocycles. The minimum Gasteiger partial charge on any atom is -0.507 e. The molecule has 13 nitrogen and oxygen atoms in total. The Morgan fingerprint density at radius 3 is 2.06 bits per heavy atom. The molecule has 0 aliphatic heterocycles. The molecule has 0 fully saturated rings. The number of fused-ring (bicyclic) bond motifs is 1. The van der Waals surface area contributed by atoms with Crippen LogP contribution in [-0.4, -0.2) is 45.9 Å². The molecule has 0 unspecified atom stereocenters. The van der Waals surface area contributed by atoms with Crippen LogP contribution in [0.1, 0.15) is 0 Å². The molecule has 6 N–H and O–H groups in total. The normalized spacial score (nSPS) is 13.1. The van der Waals surface area contributed by atoms with Crippen molar-refractivity contribution in [3.63, 3.8) is 0 Å². The monoisotopic (exact) mass is 504 g/mol. The molecule has 0 atom stereocenters. The van der Waals surface area contributed by atoms with Crippen LogP contribution in [0.5, 0.6) is 11.5 Å². The van der Waals surface area contributed by atoms with E-state index in [-0.39, 0.29) is 11.1 Å². The summed E-state index contributed by atoms with van der Waals surface area (Å²) in [4.78, 5) is 16.6. The van der Waals surface area contributed by atoms with E-state index < -0.39 is 65.5 Å². The summed E-state index contributed by atoms with van der Waals surface area (Å²) in [7, 11) is -14.5. The van der Waals surface area contributed by atoms with Crippen molar-refractivity contribution in [3.05, 3.63) is 42.5 Å². The summed E-state index contributed by atoms with van der Waals surface area (Å²) in [6, 6.07) is 6.56. The summed E-state index contributed by atoms with van der Waals surface area (Å²) >= 11 is 0. The molecule has 0 spiro atoms. The van der Waals surface area contributed by atoms with E-state index in [0.717, 1.165) is 18.2 Å². The van der Waals surface area contributed by atoms with Gasteiger partial charge in [0.25, 0.3) is 20.2 Å². The Hall–Kier alpha value is -2.91. The predicted molar refractivity (Wildman–Crippen MR) is 109 cm³/mol. The fourth-order valence-corrected chi connectivity index (χ4v) is 4.50. The molecule has 0 saturated heterocycles. The molecule has 0 aromatic heterocycles. The van der Waals surface area contributed by atoms with Gasteiger partial charge in [-0.3, -0.25) is 13.7 Å². The van der Waals surface area contributed by atoms with Gasteiger partial charge in [0.1, 0.15) is 16.3 Å². The molecular formula is C16H13N2O11PS2. The van der Waals surface area contributed by atoms with Gasteiger partial charge in [-0.25, -0.2) is 0 Å². The van der Waals surface area contributed by atoms with Crippen LogP contribution in [0.2, 0.25) is 0 Å². The van der Waals surface area contributed by atoms with Gasteiger partial charge >= 0.3 is 7.60 Å². The number of azo groups is 1. The first kappa shape index (κ1) is 23.7. The molecular weight excluding hydrogens is 491 g/mol. The quantitative estimate of drug-likeness (QED) is 0.167. The largest absolute Gasteiger partial charge is 0.507 e. The number of phenols is 2. The number of rotatable bonds is 5. The number of aromatic hydroxyl groups is 2. The molecule has 0 heterocycles. The van der Waals surface area contributed by atoms with Crippen LogP contribution < -0.4 is 5.30 Å². The van der Waals surface area contributed by atoms with Crippen molar-refractivity contribution in [3.8, 4) is 11.5 Å². The van der Waals surface area contributed by atoms with Crippen LogP contribution in [0, 0.1) is 0 Å². The summed E-state index contributed by atoms with van der Waals surface area (Å²) in [5, 5.41) is 26.5. The molecule has 0 amide bonds. The van der Waals surface area contributed by atoms with Gasteiger partial charge in [-0.15, -0.1) is 5.11 Å². The van der Waals surface area contributed by atoms with Crippen LogP contribution >= 0.6 is 7.60 Å². The van der Waals surface area contributed by atoms with E-state index in [1.807, 2.05) is 0 Å². The Morgan fingerprint density at radius 1 is 0.844 bits per heavy atom. The average molecular weight is 504 g/mol. The van der Waals surface area contributed by atoms with Crippen molar-refractivity contribution in [1.82, 2.24) is 0 Å². The first-order valence-electron chi connectivity index (χ1n) is 8.14. The Bertz CT molecular complexity index is 1540. The van der Waals surface area contributed by atoms with E-state index in [1.165, 1.54) is 12.1 Å². The molecule has 170 valence electrons. The number of phenolic OH excluding ortho intramolecular Hbond substituents is 2. The molecule has 3 aromatic carbocycles. The van der Waals surface area contributed by atoms with Crippen molar-refractivity contribution in [1.29, 1.82) is 0 Å². The fourth-order valence-electron chi connectivity index (χ4n) is 2.72. The van der Waals surface area contributed by atoms with Crippen LogP contribution in [0.15, 0.2) is 62.5 Å². The first-order chi connectivity index (χ1) is 14.6. The molecule has 0 aliphatic rings. The lowest BCUT2D eigenvalue weighted by atomic mass is 10.1. The van der Waals surface area contributed by atoms with Crippen LogP contribution in [0.4, 0.5) is 11.4 Å². The zero-order valence-electron chi connectivity index (χ0n) is 15.4. The third-order valence-electron chi connectivity index (χ3n) is 4.11. The molecule has 0 aliphatic carbocycles. The van der Waals surface area contributed by atoms with Gasteiger partial charge in [0.05, 0.1) is 21.3 Å². The van der Waals surface area contributed by atoms with Crippen LogP contribution in [0.25, 0.3) is 10.8 Å². The smallest absolute Gasteiger partial charge is 0.356 e. The highest BCUT2D eigenvalue weighted by Gasteiger charge is 2.25. The molecule has 32 heavy (non-hydrogen) atoms. The number of hydrogen-bond donors (Lipinski definition) is 6. The second kappa shape index (κ2) is 7.90. The maximum atomic E-state index is 11.8. The molecule has 3 rings (SSSR count). The second-order valence-electron chi connectivity index (χ2n) is 6.33. The Morgan fingerprint density at radius 2 is 1.50 bits per heavy atom.